The van der Waals surface area contributed by atoms with Gasteiger partial charge in [-0.3, -0.25) is 4.90 Å². The van der Waals surface area contributed by atoms with Crippen molar-refractivity contribution in [3.8, 4) is 0 Å². The van der Waals surface area contributed by atoms with Gasteiger partial charge in [-0.15, -0.1) is 0 Å². The number of carboxylic acids is 1. The van der Waals surface area contributed by atoms with E-state index in [4.69, 9.17) is 5.11 Å². The summed E-state index contributed by atoms with van der Waals surface area (Å²) in [5.74, 6) is 0.138. The Labute approximate surface area is 141 Å². The number of aromatic carboxylic acids is 1. The second-order valence-corrected chi connectivity index (χ2v) is 6.33. The maximum atomic E-state index is 10.8. The summed E-state index contributed by atoms with van der Waals surface area (Å²) in [6, 6.07) is 10.5. The number of nitrogens with zero attached hydrogens (tertiary/aromatic N) is 4. The topological polar surface area (TPSA) is 69.6 Å². The lowest BCUT2D eigenvalue weighted by Gasteiger charge is -2.21. The summed E-state index contributed by atoms with van der Waals surface area (Å²) in [6.07, 6.45) is 3.87. The molecule has 1 fully saturated rings. The van der Waals surface area contributed by atoms with Gasteiger partial charge in [0.05, 0.1) is 5.56 Å². The van der Waals surface area contributed by atoms with E-state index >= 15 is 0 Å². The molecule has 0 amide bonds. The smallest absolute Gasteiger partial charge is 0.338 e. The average molecular weight is 326 g/mol. The van der Waals surface area contributed by atoms with Crippen molar-refractivity contribution in [3.63, 3.8) is 0 Å². The lowest BCUT2D eigenvalue weighted by Crippen LogP contribution is -2.29. The Balaban J connectivity index is 1.52. The molecule has 24 heavy (non-hydrogen) atoms. The van der Waals surface area contributed by atoms with Crippen LogP contribution < -0.4 is 4.90 Å². The summed E-state index contributed by atoms with van der Waals surface area (Å²) >= 11 is 0. The highest BCUT2D eigenvalue weighted by Gasteiger charge is 2.24. The number of carboxylic acid groups (broad SMARTS) is 1. The van der Waals surface area contributed by atoms with Crippen molar-refractivity contribution in [3.05, 3.63) is 53.9 Å². The van der Waals surface area contributed by atoms with Crippen LogP contribution in [0.25, 0.3) is 0 Å². The molecule has 1 aliphatic heterocycles. The minimum absolute atomic E-state index is 0.113. The standard InChI is InChI=1S/C18H22N4O2/c1-21(18-19-9-16(10-20-18)17(23)24)11-15-7-8-22(13-15)12-14-5-3-2-4-6-14/h2-6,9-10,15H,7-8,11-13H2,1H3,(H,23,24). The van der Waals surface area contributed by atoms with Gasteiger partial charge in [-0.25, -0.2) is 14.8 Å². The molecule has 1 atom stereocenters. The van der Waals surface area contributed by atoms with E-state index in [1.807, 2.05) is 18.0 Å². The minimum atomic E-state index is -1.00. The molecule has 0 radical (unpaired) electrons. The molecule has 6 heteroatoms. The molecule has 126 valence electrons. The second kappa shape index (κ2) is 7.40. The average Bonchev–Trinajstić information content (AvgIpc) is 3.02. The third kappa shape index (κ3) is 4.08. The van der Waals surface area contributed by atoms with Gasteiger partial charge >= 0.3 is 5.97 Å². The van der Waals surface area contributed by atoms with Crippen LogP contribution in [-0.2, 0) is 6.54 Å². The molecule has 1 aliphatic rings. The maximum Gasteiger partial charge on any atom is 0.338 e. The molecule has 0 bridgehead atoms. The van der Waals surface area contributed by atoms with E-state index in [-0.39, 0.29) is 5.56 Å². The number of carbonyl (C=O) groups is 1. The molecule has 2 heterocycles. The molecule has 1 saturated heterocycles. The first-order valence-corrected chi connectivity index (χ1v) is 8.14. The van der Waals surface area contributed by atoms with Gasteiger partial charge in [0.1, 0.15) is 0 Å². The quantitative estimate of drug-likeness (QED) is 0.877. The van der Waals surface area contributed by atoms with Gasteiger partial charge in [-0.2, -0.15) is 0 Å². The molecular formula is C18H22N4O2. The van der Waals surface area contributed by atoms with Gasteiger partial charge in [-0.1, -0.05) is 30.3 Å². The van der Waals surface area contributed by atoms with Gasteiger partial charge in [0.25, 0.3) is 0 Å². The fourth-order valence-electron chi connectivity index (χ4n) is 3.14. The Kier molecular flexibility index (Phi) is 5.05. The van der Waals surface area contributed by atoms with E-state index in [1.165, 1.54) is 18.0 Å². The van der Waals surface area contributed by atoms with Crippen molar-refractivity contribution in [2.24, 2.45) is 5.92 Å². The monoisotopic (exact) mass is 326 g/mol. The molecule has 2 aromatic rings. The van der Waals surface area contributed by atoms with Gasteiger partial charge < -0.3 is 10.0 Å². The van der Waals surface area contributed by atoms with Crippen molar-refractivity contribution < 1.29 is 9.90 Å². The lowest BCUT2D eigenvalue weighted by molar-refractivity contribution is 0.0696. The Hall–Kier alpha value is -2.47. The Morgan fingerprint density at radius 3 is 2.67 bits per heavy atom. The predicted octanol–water partition coefficient (Wildman–Crippen LogP) is 2.13. The van der Waals surface area contributed by atoms with Crippen LogP contribution >= 0.6 is 0 Å². The molecule has 1 aromatic carbocycles. The molecule has 0 saturated carbocycles. The van der Waals surface area contributed by atoms with E-state index < -0.39 is 5.97 Å². The number of likely N-dealkylation sites (tertiary alicyclic amines) is 1. The van der Waals surface area contributed by atoms with Crippen molar-refractivity contribution in [2.45, 2.75) is 13.0 Å². The maximum absolute atomic E-state index is 10.8. The first-order chi connectivity index (χ1) is 11.6. The number of aromatic nitrogens is 2. The van der Waals surface area contributed by atoms with E-state index in [0.717, 1.165) is 32.6 Å². The third-order valence-electron chi connectivity index (χ3n) is 4.38. The summed E-state index contributed by atoms with van der Waals surface area (Å²) < 4.78 is 0. The number of hydrogen-bond donors (Lipinski definition) is 1. The molecule has 0 aliphatic carbocycles. The number of rotatable bonds is 6. The van der Waals surface area contributed by atoms with Crippen molar-refractivity contribution in [1.29, 1.82) is 0 Å². The fraction of sp³-hybridized carbons (Fsp3) is 0.389. The van der Waals surface area contributed by atoms with Gasteiger partial charge in [0, 0.05) is 39.1 Å². The highest BCUT2D eigenvalue weighted by atomic mass is 16.4. The highest BCUT2D eigenvalue weighted by molar-refractivity contribution is 5.86. The summed E-state index contributed by atoms with van der Waals surface area (Å²) in [6.45, 7) is 4.03. The van der Waals surface area contributed by atoms with Gasteiger partial charge in [-0.05, 0) is 24.4 Å². The third-order valence-corrected chi connectivity index (χ3v) is 4.38. The largest absolute Gasteiger partial charge is 0.478 e. The van der Waals surface area contributed by atoms with Crippen molar-refractivity contribution in [2.75, 3.05) is 31.6 Å². The van der Waals surface area contributed by atoms with Crippen LogP contribution in [0, 0.1) is 5.92 Å². The SMILES string of the molecule is CN(CC1CCN(Cc2ccccc2)C1)c1ncc(C(=O)O)cn1. The van der Waals surface area contributed by atoms with Crippen LogP contribution in [0.4, 0.5) is 5.95 Å². The fourth-order valence-corrected chi connectivity index (χ4v) is 3.14. The number of anilines is 1. The zero-order valence-corrected chi connectivity index (χ0v) is 13.8. The molecular weight excluding hydrogens is 304 g/mol. The van der Waals surface area contributed by atoms with Crippen LogP contribution in [0.5, 0.6) is 0 Å². The Bertz CT molecular complexity index is 675. The minimum Gasteiger partial charge on any atom is -0.478 e. The van der Waals surface area contributed by atoms with E-state index in [0.29, 0.717) is 11.9 Å². The first-order valence-electron chi connectivity index (χ1n) is 8.14. The normalized spacial score (nSPS) is 17.8. The summed E-state index contributed by atoms with van der Waals surface area (Å²) in [4.78, 5) is 23.6. The Morgan fingerprint density at radius 2 is 2.00 bits per heavy atom. The van der Waals surface area contributed by atoms with Gasteiger partial charge in [0.15, 0.2) is 0 Å². The van der Waals surface area contributed by atoms with Crippen LogP contribution in [0.1, 0.15) is 22.3 Å². The first kappa shape index (κ1) is 16.4. The second-order valence-electron chi connectivity index (χ2n) is 6.33. The van der Waals surface area contributed by atoms with Crippen molar-refractivity contribution >= 4 is 11.9 Å². The predicted molar refractivity (Wildman–Crippen MR) is 92.1 cm³/mol. The van der Waals surface area contributed by atoms with Crippen LogP contribution in [-0.4, -0.2) is 52.6 Å². The molecule has 1 N–H and O–H groups in total. The summed E-state index contributed by atoms with van der Waals surface area (Å²) in [5.41, 5.74) is 1.46. The number of benzene rings is 1. The number of hydrogen-bond acceptors (Lipinski definition) is 5. The summed E-state index contributed by atoms with van der Waals surface area (Å²) in [5, 5.41) is 8.90. The van der Waals surface area contributed by atoms with Crippen LogP contribution in [0.2, 0.25) is 0 Å². The molecule has 3 rings (SSSR count). The molecule has 1 unspecified atom stereocenters. The molecule has 1 aromatic heterocycles. The van der Waals surface area contributed by atoms with Crippen molar-refractivity contribution in [1.82, 2.24) is 14.9 Å². The molecule has 6 nitrogen and oxygen atoms in total. The lowest BCUT2D eigenvalue weighted by atomic mass is 10.1. The van der Waals surface area contributed by atoms with E-state index in [1.54, 1.807) is 0 Å². The zero-order chi connectivity index (χ0) is 16.9. The zero-order valence-electron chi connectivity index (χ0n) is 13.8. The summed E-state index contributed by atoms with van der Waals surface area (Å²) in [7, 11) is 1.95. The molecule has 0 spiro atoms. The van der Waals surface area contributed by atoms with Crippen LogP contribution in [0.3, 0.4) is 0 Å². The van der Waals surface area contributed by atoms with Gasteiger partial charge in [0.2, 0.25) is 5.95 Å². The van der Waals surface area contributed by atoms with Crippen LogP contribution in [0.15, 0.2) is 42.7 Å². The van der Waals surface area contributed by atoms with E-state index in [2.05, 4.69) is 39.1 Å². The highest BCUT2D eigenvalue weighted by Crippen LogP contribution is 2.20. The van der Waals surface area contributed by atoms with E-state index in [9.17, 15) is 4.79 Å². The Morgan fingerprint density at radius 1 is 1.29 bits per heavy atom.